The number of aliphatic hydroxyl groups excluding tert-OH is 2. The highest BCUT2D eigenvalue weighted by Gasteiger charge is 2.50. The number of amides is 2. The van der Waals surface area contributed by atoms with Crippen LogP contribution in [0.3, 0.4) is 0 Å². The van der Waals surface area contributed by atoms with Crippen LogP contribution in [0.15, 0.2) is 35.9 Å². The van der Waals surface area contributed by atoms with Crippen LogP contribution in [0.2, 0.25) is 0 Å². The van der Waals surface area contributed by atoms with Gasteiger partial charge in [-0.2, -0.15) is 0 Å². The Kier molecular flexibility index (Phi) is 9.04. The summed E-state index contributed by atoms with van der Waals surface area (Å²) in [7, 11) is 0. The Labute approximate surface area is 213 Å². The van der Waals surface area contributed by atoms with Crippen LogP contribution < -0.4 is 10.1 Å². The number of ether oxygens (including phenoxy) is 2. The predicted octanol–water partition coefficient (Wildman–Crippen LogP) is 2.53. The van der Waals surface area contributed by atoms with E-state index < -0.39 is 24.2 Å². The Morgan fingerprint density at radius 1 is 1.22 bits per heavy atom. The summed E-state index contributed by atoms with van der Waals surface area (Å²) >= 11 is 0. The highest BCUT2D eigenvalue weighted by Crippen LogP contribution is 2.47. The lowest BCUT2D eigenvalue weighted by molar-refractivity contribution is -0.138. The SMILES string of the molecule is CC(C)OCCCN(C(=O)CC1CCCC1)[C@@H]1C=C(C(=O)NCCO)[C@@H]2c3ccccc3O[C@@H]2[C@H]1O. The Bertz CT molecular complexity index is 942. The van der Waals surface area contributed by atoms with Crippen molar-refractivity contribution >= 4 is 11.8 Å². The first-order valence-corrected chi connectivity index (χ1v) is 13.4. The van der Waals surface area contributed by atoms with Crippen LogP contribution in [0.1, 0.15) is 63.9 Å². The molecule has 2 aliphatic carbocycles. The van der Waals surface area contributed by atoms with Gasteiger partial charge < -0.3 is 29.9 Å². The minimum Gasteiger partial charge on any atom is -0.486 e. The molecule has 3 aliphatic rings. The first-order valence-electron chi connectivity index (χ1n) is 13.4. The standard InChI is InChI=1S/C28H40N2O6/c1-18(2)35-15-7-13-30(24(32)16-19-8-3-4-9-19)22-17-21(28(34)29-12-14-31)25-20-10-5-6-11-23(20)36-27(25)26(22)33/h5-6,10-11,17-19,22,25-27,31,33H,3-4,7-9,12-16H2,1-2H3,(H,29,34)/t22-,25+,26+,27+/m1/s1. The number of hydrogen-bond acceptors (Lipinski definition) is 6. The third-order valence-electron chi connectivity index (χ3n) is 7.49. The molecular weight excluding hydrogens is 460 g/mol. The van der Waals surface area contributed by atoms with Gasteiger partial charge in [-0.05, 0) is 51.2 Å². The molecule has 8 nitrogen and oxygen atoms in total. The van der Waals surface area contributed by atoms with Gasteiger partial charge in [-0.1, -0.05) is 31.0 Å². The molecule has 0 aromatic heterocycles. The lowest BCUT2D eigenvalue weighted by atomic mass is 9.77. The fraction of sp³-hybridized carbons (Fsp3) is 0.643. The molecule has 36 heavy (non-hydrogen) atoms. The van der Waals surface area contributed by atoms with E-state index in [1.54, 1.807) is 11.0 Å². The second kappa shape index (κ2) is 12.2. The second-order valence-corrected chi connectivity index (χ2v) is 10.4. The largest absolute Gasteiger partial charge is 0.486 e. The molecule has 1 aromatic rings. The van der Waals surface area contributed by atoms with Gasteiger partial charge in [0.2, 0.25) is 11.8 Å². The molecule has 0 spiro atoms. The van der Waals surface area contributed by atoms with Crippen LogP contribution in [0.25, 0.3) is 0 Å². The summed E-state index contributed by atoms with van der Waals surface area (Å²) in [5, 5.41) is 23.5. The number of aliphatic hydroxyl groups is 2. The van der Waals surface area contributed by atoms with Crippen molar-refractivity contribution in [3.05, 3.63) is 41.5 Å². The summed E-state index contributed by atoms with van der Waals surface area (Å²) in [5.74, 6) is 0.242. The molecule has 0 saturated heterocycles. The molecule has 1 aromatic carbocycles. The molecule has 2 amide bonds. The first-order chi connectivity index (χ1) is 17.4. The van der Waals surface area contributed by atoms with Gasteiger partial charge in [0.15, 0.2) is 0 Å². The molecule has 198 valence electrons. The minimum atomic E-state index is -0.990. The zero-order chi connectivity index (χ0) is 25.7. The molecule has 1 fully saturated rings. The first kappa shape index (κ1) is 26.6. The van der Waals surface area contributed by atoms with Crippen molar-refractivity contribution in [2.24, 2.45) is 5.92 Å². The van der Waals surface area contributed by atoms with E-state index in [1.807, 2.05) is 38.1 Å². The molecule has 0 bridgehead atoms. The summed E-state index contributed by atoms with van der Waals surface area (Å²) in [6, 6.07) is 6.81. The molecule has 0 radical (unpaired) electrons. The summed E-state index contributed by atoms with van der Waals surface area (Å²) in [6.45, 7) is 4.84. The van der Waals surface area contributed by atoms with Crippen LogP contribution in [0.5, 0.6) is 5.75 Å². The number of fused-ring (bicyclic) bond motifs is 3. The number of nitrogens with one attached hydrogen (secondary N) is 1. The van der Waals surface area contributed by atoms with E-state index >= 15 is 0 Å². The Balaban J connectivity index is 1.64. The number of nitrogens with zero attached hydrogens (tertiary/aromatic N) is 1. The molecule has 8 heteroatoms. The molecule has 1 saturated carbocycles. The normalized spacial score (nSPS) is 25.2. The molecule has 4 rings (SSSR count). The quantitative estimate of drug-likeness (QED) is 0.403. The Morgan fingerprint density at radius 2 is 1.97 bits per heavy atom. The van der Waals surface area contributed by atoms with Crippen LogP contribution in [-0.2, 0) is 14.3 Å². The third-order valence-corrected chi connectivity index (χ3v) is 7.49. The van der Waals surface area contributed by atoms with Crippen LogP contribution in [-0.4, -0.2) is 77.6 Å². The fourth-order valence-electron chi connectivity index (χ4n) is 5.76. The summed E-state index contributed by atoms with van der Waals surface area (Å²) < 4.78 is 11.9. The molecule has 1 heterocycles. The van der Waals surface area contributed by atoms with Crippen molar-refractivity contribution in [2.45, 2.75) is 82.6 Å². The van der Waals surface area contributed by atoms with E-state index in [1.165, 1.54) is 0 Å². The number of rotatable bonds is 11. The van der Waals surface area contributed by atoms with Crippen LogP contribution >= 0.6 is 0 Å². The number of carbonyl (C=O) groups excluding carboxylic acids is 2. The third kappa shape index (κ3) is 5.93. The molecule has 4 atom stereocenters. The zero-order valence-electron chi connectivity index (χ0n) is 21.4. The maximum atomic E-state index is 13.6. The average Bonchev–Trinajstić information content (AvgIpc) is 3.51. The van der Waals surface area contributed by atoms with E-state index in [4.69, 9.17) is 9.47 Å². The monoisotopic (exact) mass is 500 g/mol. The second-order valence-electron chi connectivity index (χ2n) is 10.4. The van der Waals surface area contributed by atoms with Gasteiger partial charge in [0.05, 0.1) is 24.7 Å². The van der Waals surface area contributed by atoms with Crippen molar-refractivity contribution in [1.29, 1.82) is 0 Å². The maximum Gasteiger partial charge on any atom is 0.247 e. The average molecular weight is 501 g/mol. The van der Waals surface area contributed by atoms with E-state index in [2.05, 4.69) is 5.32 Å². The smallest absolute Gasteiger partial charge is 0.247 e. The van der Waals surface area contributed by atoms with Crippen LogP contribution in [0, 0.1) is 5.92 Å². The lowest BCUT2D eigenvalue weighted by Crippen LogP contribution is -2.56. The minimum absolute atomic E-state index is 0.00387. The van der Waals surface area contributed by atoms with Crippen molar-refractivity contribution in [3.8, 4) is 5.75 Å². The highest BCUT2D eigenvalue weighted by atomic mass is 16.5. The Hall–Kier alpha value is -2.42. The Morgan fingerprint density at radius 3 is 2.69 bits per heavy atom. The fourth-order valence-corrected chi connectivity index (χ4v) is 5.76. The molecular formula is C28H40N2O6. The number of benzene rings is 1. The van der Waals surface area contributed by atoms with Gasteiger partial charge in [0.25, 0.3) is 0 Å². The van der Waals surface area contributed by atoms with Crippen LogP contribution in [0.4, 0.5) is 0 Å². The van der Waals surface area contributed by atoms with Gasteiger partial charge in [-0.25, -0.2) is 0 Å². The summed E-state index contributed by atoms with van der Waals surface area (Å²) in [6.07, 6.45) is 5.66. The van der Waals surface area contributed by atoms with Crippen molar-refractivity contribution in [3.63, 3.8) is 0 Å². The van der Waals surface area contributed by atoms with Crippen molar-refractivity contribution in [1.82, 2.24) is 10.2 Å². The topological polar surface area (TPSA) is 108 Å². The molecule has 3 N–H and O–H groups in total. The van der Waals surface area contributed by atoms with Gasteiger partial charge in [-0.15, -0.1) is 0 Å². The van der Waals surface area contributed by atoms with Crippen molar-refractivity contribution in [2.75, 3.05) is 26.3 Å². The number of hydrogen-bond donors (Lipinski definition) is 3. The van der Waals surface area contributed by atoms with Gasteiger partial charge >= 0.3 is 0 Å². The predicted molar refractivity (Wildman–Crippen MR) is 136 cm³/mol. The van der Waals surface area contributed by atoms with Gasteiger partial charge in [0.1, 0.15) is 18.0 Å². The molecule has 0 unspecified atom stereocenters. The van der Waals surface area contributed by atoms with Gasteiger partial charge in [-0.3, -0.25) is 9.59 Å². The number of carbonyl (C=O) groups is 2. The number of para-hydroxylation sites is 1. The van der Waals surface area contributed by atoms with E-state index in [0.29, 0.717) is 43.2 Å². The highest BCUT2D eigenvalue weighted by molar-refractivity contribution is 5.96. The van der Waals surface area contributed by atoms with Gasteiger partial charge in [0, 0.05) is 37.3 Å². The van der Waals surface area contributed by atoms with E-state index in [0.717, 1.165) is 31.2 Å². The maximum absolute atomic E-state index is 13.6. The summed E-state index contributed by atoms with van der Waals surface area (Å²) in [4.78, 5) is 28.5. The van der Waals surface area contributed by atoms with E-state index in [-0.39, 0.29) is 31.1 Å². The lowest BCUT2D eigenvalue weighted by Gasteiger charge is -2.41. The molecule has 1 aliphatic heterocycles. The zero-order valence-corrected chi connectivity index (χ0v) is 21.4. The summed E-state index contributed by atoms with van der Waals surface area (Å²) in [5.41, 5.74) is 1.31. The van der Waals surface area contributed by atoms with Crippen molar-refractivity contribution < 1.29 is 29.3 Å². The van der Waals surface area contributed by atoms with E-state index in [9.17, 15) is 19.8 Å².